The average Bonchev–Trinajstić information content (AvgIpc) is 2.26. The van der Waals surface area contributed by atoms with Crippen molar-refractivity contribution in [1.29, 1.82) is 0 Å². The number of carbonyl (C=O) groups is 3. The fraction of sp³-hybridized carbons (Fsp3) is 0.786. The zero-order valence-electron chi connectivity index (χ0n) is 13.7. The molecule has 0 aliphatic rings. The van der Waals surface area contributed by atoms with Crippen molar-refractivity contribution in [2.24, 2.45) is 0 Å². The van der Waals surface area contributed by atoms with E-state index in [1.54, 1.807) is 8.87 Å². The van der Waals surface area contributed by atoms with Crippen molar-refractivity contribution in [2.75, 3.05) is 0 Å². The molecule has 0 aromatic heterocycles. The molecule has 0 aliphatic heterocycles. The van der Waals surface area contributed by atoms with Crippen LogP contribution in [0.3, 0.4) is 0 Å². The summed E-state index contributed by atoms with van der Waals surface area (Å²) in [6.07, 6.45) is 5.84. The molecule has 1 N–H and O–H groups in total. The van der Waals surface area contributed by atoms with E-state index in [-0.39, 0.29) is 21.1 Å². The van der Waals surface area contributed by atoms with Crippen LogP contribution in [-0.2, 0) is 14.4 Å². The average molecular weight is 411 g/mol. The van der Waals surface area contributed by atoms with E-state index in [9.17, 15) is 0 Å². The quantitative estimate of drug-likeness (QED) is 0.509. The van der Waals surface area contributed by atoms with E-state index in [0.717, 1.165) is 20.8 Å². The monoisotopic (exact) mass is 412 g/mol. The number of carboxylic acids is 3. The Labute approximate surface area is 138 Å². The first-order valence-electron chi connectivity index (χ1n) is 6.87. The molecule has 0 saturated carbocycles. The number of aliphatic carboxylic acids is 3. The van der Waals surface area contributed by atoms with Gasteiger partial charge in [-0.25, -0.2) is 0 Å². The molecule has 0 aromatic carbocycles. The molecular weight excluding hydrogens is 383 g/mol. The van der Waals surface area contributed by atoms with Gasteiger partial charge in [-0.15, -0.1) is 0 Å². The first-order chi connectivity index (χ1) is 9.61. The number of unbranched alkanes of at least 4 members (excludes halogenated alkanes) is 2. The van der Waals surface area contributed by atoms with Gasteiger partial charge in [0.15, 0.2) is 0 Å². The standard InChI is InChI=1S/2C4H9.3C2H4O2.Sn/c2*1-3-4-2;3*1-2(3)4;/h2*1,3-4H2,2H3;3*1H3,(H,3,4);/q;;;;;+2/p-2. The van der Waals surface area contributed by atoms with Crippen LogP contribution in [0, 0.1) is 0 Å². The maximum absolute atomic E-state index is 9.00. The zero-order chi connectivity index (χ0) is 17.7. The van der Waals surface area contributed by atoms with Gasteiger partial charge in [-0.1, -0.05) is 0 Å². The van der Waals surface area contributed by atoms with Gasteiger partial charge in [0.2, 0.25) is 0 Å². The van der Waals surface area contributed by atoms with Crippen molar-refractivity contribution < 1.29 is 29.7 Å². The summed E-state index contributed by atoms with van der Waals surface area (Å²) < 4.78 is 3.25. The molecule has 124 valence electrons. The van der Waals surface area contributed by atoms with E-state index >= 15 is 0 Å². The first-order valence-corrected chi connectivity index (χ1v) is 10.9. The van der Waals surface area contributed by atoms with Crippen molar-refractivity contribution in [3.63, 3.8) is 0 Å². The van der Waals surface area contributed by atoms with Gasteiger partial charge in [-0.2, -0.15) is 0 Å². The summed E-state index contributed by atoms with van der Waals surface area (Å²) in [5, 5.41) is 25.2. The van der Waals surface area contributed by atoms with Crippen LogP contribution in [0.25, 0.3) is 0 Å². The first kappa shape index (κ1) is 28.4. The van der Waals surface area contributed by atoms with Crippen LogP contribution < -0.4 is 10.2 Å². The SMILES string of the molecule is CC(=O)O.CC(=O)[O-].CC(=O)[O-].CCC[CH2][Sn+2][CH2]CCC. The Morgan fingerprint density at radius 2 is 1.05 bits per heavy atom. The van der Waals surface area contributed by atoms with Gasteiger partial charge in [-0.05, 0) is 13.8 Å². The predicted octanol–water partition coefficient (Wildman–Crippen LogP) is 0.731. The summed E-state index contributed by atoms with van der Waals surface area (Å²) in [5.74, 6) is -3.00. The minimum absolute atomic E-state index is 0.149. The predicted molar refractivity (Wildman–Crippen MR) is 79.9 cm³/mol. The van der Waals surface area contributed by atoms with Crippen LogP contribution in [-0.4, -0.2) is 44.2 Å². The van der Waals surface area contributed by atoms with E-state index in [1.807, 2.05) is 0 Å². The van der Waals surface area contributed by atoms with E-state index in [4.69, 9.17) is 29.7 Å². The molecular formula is C14H28O6Sn. The Balaban J connectivity index is -0.000000102. The number of carbonyl (C=O) groups excluding carboxylic acids is 2. The van der Waals surface area contributed by atoms with Crippen LogP contribution in [0.2, 0.25) is 8.87 Å². The van der Waals surface area contributed by atoms with Gasteiger partial charge in [-0.3, -0.25) is 4.79 Å². The summed E-state index contributed by atoms with van der Waals surface area (Å²) in [5.41, 5.74) is 0. The topological polar surface area (TPSA) is 118 Å². The Hall–Kier alpha value is -0.791. The van der Waals surface area contributed by atoms with Crippen LogP contribution in [0.4, 0.5) is 0 Å². The van der Waals surface area contributed by atoms with E-state index in [2.05, 4.69) is 13.8 Å². The number of rotatable bonds is 6. The summed E-state index contributed by atoms with van der Waals surface area (Å²) in [6.45, 7) is 7.61. The van der Waals surface area contributed by atoms with E-state index in [1.165, 1.54) is 25.7 Å². The van der Waals surface area contributed by atoms with Crippen molar-refractivity contribution in [2.45, 2.75) is 69.2 Å². The van der Waals surface area contributed by atoms with Crippen LogP contribution in [0.1, 0.15) is 60.3 Å². The second-order valence-corrected chi connectivity index (χ2v) is 8.24. The Bertz CT molecular complexity index is 197. The summed E-state index contributed by atoms with van der Waals surface area (Å²) in [6, 6.07) is 0. The third-order valence-electron chi connectivity index (χ3n) is 1.41. The number of carboxylic acid groups (broad SMARTS) is 3. The normalized spacial score (nSPS) is 7.48. The van der Waals surface area contributed by atoms with Crippen LogP contribution in [0.5, 0.6) is 0 Å². The van der Waals surface area contributed by atoms with Crippen molar-refractivity contribution >= 4 is 39.1 Å². The van der Waals surface area contributed by atoms with Crippen molar-refractivity contribution in [3.05, 3.63) is 0 Å². The van der Waals surface area contributed by atoms with Gasteiger partial charge in [0.25, 0.3) is 5.97 Å². The molecule has 0 radical (unpaired) electrons. The molecule has 21 heavy (non-hydrogen) atoms. The third-order valence-corrected chi connectivity index (χ3v) is 5.45. The Kier molecular flexibility index (Phi) is 37.2. The molecule has 0 heterocycles. The van der Waals surface area contributed by atoms with E-state index < -0.39 is 17.9 Å². The van der Waals surface area contributed by atoms with Gasteiger partial charge < -0.3 is 24.9 Å². The molecule has 0 aliphatic carbocycles. The van der Waals surface area contributed by atoms with Gasteiger partial charge in [0, 0.05) is 18.9 Å². The van der Waals surface area contributed by atoms with Crippen molar-refractivity contribution in [1.82, 2.24) is 0 Å². The van der Waals surface area contributed by atoms with Gasteiger partial charge in [0.05, 0.1) is 0 Å². The molecule has 6 nitrogen and oxygen atoms in total. The van der Waals surface area contributed by atoms with Crippen LogP contribution >= 0.6 is 0 Å². The summed E-state index contributed by atoms with van der Waals surface area (Å²) >= 11 is 0.149. The molecule has 0 aromatic rings. The second kappa shape index (κ2) is 27.5. The molecule has 0 atom stereocenters. The number of hydrogen-bond donors (Lipinski definition) is 1. The molecule has 0 amide bonds. The Morgan fingerprint density at radius 3 is 1.19 bits per heavy atom. The van der Waals surface area contributed by atoms with Crippen molar-refractivity contribution in [3.8, 4) is 0 Å². The molecule has 0 spiro atoms. The fourth-order valence-corrected chi connectivity index (χ4v) is 4.89. The maximum atomic E-state index is 9.00. The number of hydrogen-bond acceptors (Lipinski definition) is 5. The third kappa shape index (κ3) is 210. The second-order valence-electron chi connectivity index (χ2n) is 3.96. The molecule has 7 heteroatoms. The van der Waals surface area contributed by atoms with Crippen LogP contribution in [0.15, 0.2) is 0 Å². The summed E-state index contributed by atoms with van der Waals surface area (Å²) in [4.78, 5) is 26.8. The molecule has 0 unspecified atom stereocenters. The fourth-order valence-electron chi connectivity index (χ4n) is 0.729. The summed E-state index contributed by atoms with van der Waals surface area (Å²) in [7, 11) is 0. The molecule has 0 rings (SSSR count). The van der Waals surface area contributed by atoms with Gasteiger partial charge >= 0.3 is 69.5 Å². The van der Waals surface area contributed by atoms with Gasteiger partial charge in [0.1, 0.15) is 0 Å². The minimum atomic E-state index is -1.08. The Morgan fingerprint density at radius 1 is 0.857 bits per heavy atom. The zero-order valence-corrected chi connectivity index (χ0v) is 16.6. The molecule has 0 fully saturated rings. The molecule has 0 saturated heterocycles. The van der Waals surface area contributed by atoms with E-state index in [0.29, 0.717) is 0 Å². The molecule has 0 bridgehead atoms.